The summed E-state index contributed by atoms with van der Waals surface area (Å²) in [6.45, 7) is 0. The summed E-state index contributed by atoms with van der Waals surface area (Å²) in [5, 5.41) is 11.9. The van der Waals surface area contributed by atoms with Crippen LogP contribution in [0.2, 0.25) is 0 Å². The minimum absolute atomic E-state index is 0.602. The maximum Gasteiger partial charge on any atom is 0.164 e. The van der Waals surface area contributed by atoms with Crippen molar-refractivity contribution in [1.29, 1.82) is 5.26 Å². The van der Waals surface area contributed by atoms with Gasteiger partial charge in [0.1, 0.15) is 11.5 Å². The number of hydrogen-bond acceptors (Lipinski definition) is 5. The molecule has 5 heteroatoms. The van der Waals surface area contributed by atoms with Crippen LogP contribution in [0.3, 0.4) is 0 Å². The van der Waals surface area contributed by atoms with Crippen molar-refractivity contribution >= 4 is 10.8 Å². The minimum Gasteiger partial charge on any atom is -0.457 e. The number of benzene rings is 8. The SMILES string of the molecule is N#Cc1ccc(-c2ccc3c(c2)-c2cc(-c4nc(-c5ccccc5)nc(-c5ccccc5)n4)ccc2C32c3ccccc3Oc3ccccc32)c2ccccc12. The van der Waals surface area contributed by atoms with Gasteiger partial charge in [0.25, 0.3) is 0 Å². The van der Waals surface area contributed by atoms with Crippen LogP contribution in [0, 0.1) is 11.3 Å². The van der Waals surface area contributed by atoms with Gasteiger partial charge in [0.15, 0.2) is 17.5 Å². The summed E-state index contributed by atoms with van der Waals surface area (Å²) in [6.07, 6.45) is 0. The first-order valence-corrected chi connectivity index (χ1v) is 18.7. The number of aromatic nitrogens is 3. The second-order valence-electron chi connectivity index (χ2n) is 14.2. The summed E-state index contributed by atoms with van der Waals surface area (Å²) in [4.78, 5) is 15.2. The Morgan fingerprint density at radius 2 is 0.875 bits per heavy atom. The van der Waals surface area contributed by atoms with E-state index in [1.54, 1.807) is 0 Å². The molecule has 11 rings (SSSR count). The molecule has 1 aliphatic heterocycles. The summed E-state index contributed by atoms with van der Waals surface area (Å²) in [5.41, 5.74) is 11.7. The average molecular weight is 715 g/mol. The van der Waals surface area contributed by atoms with Gasteiger partial charge in [-0.25, -0.2) is 15.0 Å². The second kappa shape index (κ2) is 12.4. The van der Waals surface area contributed by atoms with Crippen molar-refractivity contribution in [2.45, 2.75) is 5.41 Å². The van der Waals surface area contributed by atoms with Crippen LogP contribution in [-0.2, 0) is 5.41 Å². The lowest BCUT2D eigenvalue weighted by Gasteiger charge is -2.39. The fourth-order valence-corrected chi connectivity index (χ4v) is 8.80. The van der Waals surface area contributed by atoms with E-state index in [0.717, 1.165) is 72.3 Å². The van der Waals surface area contributed by atoms with Gasteiger partial charge in [-0.15, -0.1) is 0 Å². The Kier molecular flexibility index (Phi) is 7.07. The molecule has 5 nitrogen and oxygen atoms in total. The lowest BCUT2D eigenvalue weighted by molar-refractivity contribution is 0.436. The zero-order valence-electron chi connectivity index (χ0n) is 30.0. The highest BCUT2D eigenvalue weighted by Gasteiger charge is 2.51. The van der Waals surface area contributed by atoms with E-state index in [0.29, 0.717) is 23.0 Å². The molecule has 0 saturated heterocycles. The van der Waals surface area contributed by atoms with Gasteiger partial charge in [0, 0.05) is 33.2 Å². The van der Waals surface area contributed by atoms with Crippen molar-refractivity contribution in [1.82, 2.24) is 15.0 Å². The maximum atomic E-state index is 9.94. The predicted molar refractivity (Wildman–Crippen MR) is 221 cm³/mol. The topological polar surface area (TPSA) is 71.7 Å². The molecule has 0 bridgehead atoms. The van der Waals surface area contributed by atoms with Crippen LogP contribution >= 0.6 is 0 Å². The van der Waals surface area contributed by atoms with E-state index >= 15 is 0 Å². The van der Waals surface area contributed by atoms with Crippen molar-refractivity contribution in [3.05, 3.63) is 210 Å². The molecule has 2 heterocycles. The van der Waals surface area contributed by atoms with Gasteiger partial charge in [-0.3, -0.25) is 0 Å². The number of fused-ring (bicyclic) bond motifs is 10. The van der Waals surface area contributed by atoms with Gasteiger partial charge in [-0.1, -0.05) is 152 Å². The van der Waals surface area contributed by atoms with E-state index in [2.05, 4.69) is 91.0 Å². The molecule has 0 atom stereocenters. The van der Waals surface area contributed by atoms with Gasteiger partial charge in [-0.05, 0) is 69.1 Å². The first-order valence-electron chi connectivity index (χ1n) is 18.7. The number of para-hydroxylation sites is 2. The molecule has 0 N–H and O–H groups in total. The fraction of sp³-hybridized carbons (Fsp3) is 0.0196. The van der Waals surface area contributed by atoms with Crippen molar-refractivity contribution in [3.63, 3.8) is 0 Å². The molecule has 0 unspecified atom stereocenters. The van der Waals surface area contributed by atoms with Gasteiger partial charge >= 0.3 is 0 Å². The van der Waals surface area contributed by atoms with E-state index in [1.165, 1.54) is 11.1 Å². The zero-order valence-corrected chi connectivity index (χ0v) is 30.0. The van der Waals surface area contributed by atoms with E-state index in [-0.39, 0.29) is 0 Å². The predicted octanol–water partition coefficient (Wildman–Crippen LogP) is 12.0. The van der Waals surface area contributed by atoms with Gasteiger partial charge in [-0.2, -0.15) is 5.26 Å². The molecular formula is C51H30N4O. The van der Waals surface area contributed by atoms with Crippen LogP contribution in [0.4, 0.5) is 0 Å². The molecule has 9 aromatic rings. The lowest BCUT2D eigenvalue weighted by Crippen LogP contribution is -2.32. The fourth-order valence-electron chi connectivity index (χ4n) is 8.80. The monoisotopic (exact) mass is 714 g/mol. The largest absolute Gasteiger partial charge is 0.457 e. The molecule has 0 saturated carbocycles. The third kappa shape index (κ3) is 4.70. The lowest BCUT2D eigenvalue weighted by atomic mass is 9.66. The van der Waals surface area contributed by atoms with E-state index in [1.807, 2.05) is 97.1 Å². The highest BCUT2D eigenvalue weighted by atomic mass is 16.5. The second-order valence-corrected chi connectivity index (χ2v) is 14.2. The highest BCUT2D eigenvalue weighted by molar-refractivity contribution is 6.01. The smallest absolute Gasteiger partial charge is 0.164 e. The van der Waals surface area contributed by atoms with Crippen molar-refractivity contribution in [3.8, 4) is 74.0 Å². The molecular weight excluding hydrogens is 685 g/mol. The van der Waals surface area contributed by atoms with Gasteiger partial charge in [0.2, 0.25) is 0 Å². The Balaban J connectivity index is 1.19. The first-order chi connectivity index (χ1) is 27.7. The highest BCUT2D eigenvalue weighted by Crippen LogP contribution is 2.62. The summed E-state index contributed by atoms with van der Waals surface area (Å²) in [6, 6.07) is 65.0. The van der Waals surface area contributed by atoms with E-state index in [9.17, 15) is 5.26 Å². The third-order valence-corrected chi connectivity index (χ3v) is 11.3. The summed E-state index contributed by atoms with van der Waals surface area (Å²) < 4.78 is 6.61. The number of hydrogen-bond donors (Lipinski definition) is 0. The number of nitrogens with zero attached hydrogens (tertiary/aromatic N) is 4. The molecule has 0 radical (unpaired) electrons. The van der Waals surface area contributed by atoms with Gasteiger partial charge in [0.05, 0.1) is 17.0 Å². The molecule has 56 heavy (non-hydrogen) atoms. The Bertz CT molecular complexity index is 2970. The molecule has 1 spiro atoms. The van der Waals surface area contributed by atoms with Crippen LogP contribution in [0.1, 0.15) is 27.8 Å². The summed E-state index contributed by atoms with van der Waals surface area (Å²) in [7, 11) is 0. The molecule has 2 aliphatic rings. The van der Waals surface area contributed by atoms with E-state index in [4.69, 9.17) is 19.7 Å². The van der Waals surface area contributed by atoms with Crippen LogP contribution in [0.15, 0.2) is 182 Å². The Labute approximate surface area is 323 Å². The number of nitriles is 1. The molecule has 1 aliphatic carbocycles. The van der Waals surface area contributed by atoms with Crippen LogP contribution in [-0.4, -0.2) is 15.0 Å². The van der Waals surface area contributed by atoms with Gasteiger partial charge < -0.3 is 4.74 Å². The quantitative estimate of drug-likeness (QED) is 0.181. The Hall–Kier alpha value is -7.68. The maximum absolute atomic E-state index is 9.94. The van der Waals surface area contributed by atoms with Crippen molar-refractivity contribution in [2.24, 2.45) is 0 Å². The molecule has 260 valence electrons. The Morgan fingerprint density at radius 1 is 0.393 bits per heavy atom. The van der Waals surface area contributed by atoms with Crippen LogP contribution < -0.4 is 4.74 Å². The molecule has 8 aromatic carbocycles. The van der Waals surface area contributed by atoms with Crippen molar-refractivity contribution in [2.75, 3.05) is 0 Å². The Morgan fingerprint density at radius 3 is 1.46 bits per heavy atom. The molecule has 0 amide bonds. The van der Waals surface area contributed by atoms with Crippen LogP contribution in [0.25, 0.3) is 67.2 Å². The summed E-state index contributed by atoms with van der Waals surface area (Å²) in [5.74, 6) is 3.52. The average Bonchev–Trinajstić information content (AvgIpc) is 3.55. The summed E-state index contributed by atoms with van der Waals surface area (Å²) >= 11 is 0. The normalized spacial score (nSPS) is 12.9. The zero-order chi connectivity index (χ0) is 37.2. The first kappa shape index (κ1) is 31.8. The number of rotatable bonds is 4. The standard InChI is InChI=1S/C51H30N4O/c52-31-36-23-26-38(39-18-8-7-17-37(36)39)34-24-27-42-40(29-34)41-30-35(50-54-48(32-13-3-1-4-14-32)53-49(55-50)33-15-5-2-6-16-33)25-28-43(41)51(42)44-19-9-11-21-46(44)56-47-22-12-10-20-45(47)51/h1-30H. The third-order valence-electron chi connectivity index (χ3n) is 11.3. The van der Waals surface area contributed by atoms with Crippen molar-refractivity contribution < 1.29 is 4.74 Å². The molecule has 0 fully saturated rings. The minimum atomic E-state index is -0.636. The molecule has 1 aromatic heterocycles. The number of ether oxygens (including phenoxy) is 1. The van der Waals surface area contributed by atoms with Crippen LogP contribution in [0.5, 0.6) is 11.5 Å². The van der Waals surface area contributed by atoms with E-state index < -0.39 is 5.41 Å².